The minimum absolute atomic E-state index is 0.0641. The fourth-order valence-corrected chi connectivity index (χ4v) is 3.83. The van der Waals surface area contributed by atoms with Crippen molar-refractivity contribution in [3.8, 4) is 0 Å². The Morgan fingerprint density at radius 1 is 0.548 bits per heavy atom. The molecule has 0 aliphatic rings. The number of hydrogen-bond donors (Lipinski definition) is 0. The van der Waals surface area contributed by atoms with E-state index in [4.69, 9.17) is 18.9 Å². The SMILES string of the molecule is CCCCCC(CC)OC(=O)c1ccccc1.O=C(OCCCOCCCOC(=O)c1ccccc1)c1ccccc1. The molecule has 7 nitrogen and oxygen atoms in total. The Balaban J connectivity index is 0.000000317. The van der Waals surface area contributed by atoms with Crippen LogP contribution in [0.5, 0.6) is 0 Å². The standard InChI is InChI=1S/C20H22O5.C15H22O2/c21-19(17-9-3-1-4-10-17)24-15-7-13-23-14-8-16-25-20(22)18-11-5-2-6-12-18;1-3-5-7-12-14(4-2)17-15(16)13-10-8-6-9-11-13/h1-6,9-12H,7-8,13-16H2;6,8-11,14H,3-5,7,12H2,1-2H3. The Bertz CT molecular complexity index is 1080. The van der Waals surface area contributed by atoms with Crippen molar-refractivity contribution in [3.63, 3.8) is 0 Å². The van der Waals surface area contributed by atoms with Crippen LogP contribution in [0, 0.1) is 0 Å². The maximum atomic E-state index is 11.8. The predicted molar refractivity (Wildman–Crippen MR) is 164 cm³/mol. The Labute approximate surface area is 250 Å². The highest BCUT2D eigenvalue weighted by molar-refractivity contribution is 5.90. The van der Waals surface area contributed by atoms with E-state index < -0.39 is 0 Å². The molecule has 3 rings (SSSR count). The van der Waals surface area contributed by atoms with E-state index in [1.54, 1.807) is 60.7 Å². The van der Waals surface area contributed by atoms with Crippen molar-refractivity contribution in [1.29, 1.82) is 0 Å². The first-order valence-electron chi connectivity index (χ1n) is 14.8. The van der Waals surface area contributed by atoms with Gasteiger partial charge in [-0.1, -0.05) is 81.3 Å². The van der Waals surface area contributed by atoms with Crippen LogP contribution in [0.1, 0.15) is 89.9 Å². The average Bonchev–Trinajstić information content (AvgIpc) is 3.04. The zero-order valence-corrected chi connectivity index (χ0v) is 24.9. The van der Waals surface area contributed by atoms with Gasteiger partial charge in [-0.2, -0.15) is 0 Å². The van der Waals surface area contributed by atoms with Crippen LogP contribution in [0.3, 0.4) is 0 Å². The second kappa shape index (κ2) is 21.7. The van der Waals surface area contributed by atoms with Crippen molar-refractivity contribution in [1.82, 2.24) is 0 Å². The summed E-state index contributed by atoms with van der Waals surface area (Å²) in [6, 6.07) is 26.9. The number of hydrogen-bond acceptors (Lipinski definition) is 7. The minimum atomic E-state index is -0.326. The van der Waals surface area contributed by atoms with Crippen LogP contribution in [-0.2, 0) is 18.9 Å². The molecule has 0 aliphatic heterocycles. The zero-order chi connectivity index (χ0) is 30.3. The van der Waals surface area contributed by atoms with Gasteiger partial charge in [0, 0.05) is 26.1 Å². The van der Waals surface area contributed by atoms with E-state index in [-0.39, 0.29) is 24.0 Å². The zero-order valence-electron chi connectivity index (χ0n) is 24.9. The molecule has 0 aromatic heterocycles. The topological polar surface area (TPSA) is 88.1 Å². The lowest BCUT2D eigenvalue weighted by atomic mass is 10.1. The van der Waals surface area contributed by atoms with Crippen molar-refractivity contribution < 1.29 is 33.3 Å². The lowest BCUT2D eigenvalue weighted by molar-refractivity contribution is 0.0266. The Morgan fingerprint density at radius 2 is 0.976 bits per heavy atom. The van der Waals surface area contributed by atoms with Crippen LogP contribution < -0.4 is 0 Å². The second-order valence-electron chi connectivity index (χ2n) is 9.62. The first kappa shape index (κ1) is 34.2. The van der Waals surface area contributed by atoms with Gasteiger partial charge < -0.3 is 18.9 Å². The molecular formula is C35H44O7. The Kier molecular flexibility index (Phi) is 17.7. The molecule has 1 atom stereocenters. The average molecular weight is 577 g/mol. The number of rotatable bonds is 17. The summed E-state index contributed by atoms with van der Waals surface area (Å²) in [4.78, 5) is 35.2. The van der Waals surface area contributed by atoms with Gasteiger partial charge in [-0.3, -0.25) is 0 Å². The summed E-state index contributed by atoms with van der Waals surface area (Å²) in [5.74, 6) is -0.851. The van der Waals surface area contributed by atoms with Crippen molar-refractivity contribution in [2.75, 3.05) is 26.4 Å². The van der Waals surface area contributed by atoms with Gasteiger partial charge in [0.25, 0.3) is 0 Å². The van der Waals surface area contributed by atoms with E-state index in [1.807, 2.05) is 30.3 Å². The smallest absolute Gasteiger partial charge is 0.338 e. The summed E-state index contributed by atoms with van der Waals surface area (Å²) in [6.45, 7) is 5.86. The van der Waals surface area contributed by atoms with Gasteiger partial charge in [0.2, 0.25) is 0 Å². The van der Waals surface area contributed by atoms with Gasteiger partial charge >= 0.3 is 17.9 Å². The van der Waals surface area contributed by atoms with Crippen LogP contribution in [0.2, 0.25) is 0 Å². The lowest BCUT2D eigenvalue weighted by Crippen LogP contribution is -2.17. The van der Waals surface area contributed by atoms with E-state index in [2.05, 4.69) is 13.8 Å². The largest absolute Gasteiger partial charge is 0.462 e. The molecule has 0 spiro atoms. The van der Waals surface area contributed by atoms with Crippen molar-refractivity contribution in [3.05, 3.63) is 108 Å². The van der Waals surface area contributed by atoms with Gasteiger partial charge in [0.1, 0.15) is 6.10 Å². The molecule has 0 amide bonds. The quantitative estimate of drug-likeness (QED) is 0.0924. The second-order valence-corrected chi connectivity index (χ2v) is 9.62. The molecule has 0 aliphatic carbocycles. The maximum absolute atomic E-state index is 11.8. The van der Waals surface area contributed by atoms with Gasteiger partial charge in [-0.25, -0.2) is 14.4 Å². The summed E-state index contributed by atoms with van der Waals surface area (Å²) in [5, 5.41) is 0. The van der Waals surface area contributed by atoms with Gasteiger partial charge in [-0.05, 0) is 55.7 Å². The monoisotopic (exact) mass is 576 g/mol. The molecule has 0 bridgehead atoms. The molecule has 0 heterocycles. The summed E-state index contributed by atoms with van der Waals surface area (Å²) in [5.41, 5.74) is 1.73. The van der Waals surface area contributed by atoms with E-state index in [0.717, 1.165) is 19.3 Å². The van der Waals surface area contributed by atoms with Crippen molar-refractivity contribution >= 4 is 17.9 Å². The maximum Gasteiger partial charge on any atom is 0.338 e. The third-order valence-corrected chi connectivity index (χ3v) is 6.22. The van der Waals surface area contributed by atoms with Crippen LogP contribution in [0.25, 0.3) is 0 Å². The van der Waals surface area contributed by atoms with Crippen molar-refractivity contribution in [2.45, 2.75) is 64.9 Å². The van der Waals surface area contributed by atoms with Crippen LogP contribution in [0.4, 0.5) is 0 Å². The first-order valence-corrected chi connectivity index (χ1v) is 14.8. The molecule has 3 aromatic carbocycles. The third kappa shape index (κ3) is 14.6. The summed E-state index contributed by atoms with van der Waals surface area (Å²) < 4.78 is 21.2. The first-order chi connectivity index (χ1) is 20.5. The molecule has 0 fully saturated rings. The van der Waals surface area contributed by atoms with Gasteiger partial charge in [0.05, 0.1) is 29.9 Å². The van der Waals surface area contributed by atoms with Crippen LogP contribution >= 0.6 is 0 Å². The molecule has 3 aromatic rings. The lowest BCUT2D eigenvalue weighted by Gasteiger charge is -2.15. The Morgan fingerprint density at radius 3 is 1.38 bits per heavy atom. The van der Waals surface area contributed by atoms with Gasteiger partial charge in [-0.15, -0.1) is 0 Å². The molecular weight excluding hydrogens is 532 g/mol. The molecule has 0 radical (unpaired) electrons. The minimum Gasteiger partial charge on any atom is -0.462 e. The summed E-state index contributed by atoms with van der Waals surface area (Å²) >= 11 is 0. The van der Waals surface area contributed by atoms with Crippen LogP contribution in [-0.4, -0.2) is 50.4 Å². The summed E-state index contributed by atoms with van der Waals surface area (Å²) in [6.07, 6.45) is 6.73. The molecule has 0 saturated heterocycles. The highest BCUT2D eigenvalue weighted by Gasteiger charge is 2.13. The Hall–Kier alpha value is -3.97. The molecule has 0 N–H and O–H groups in total. The van der Waals surface area contributed by atoms with E-state index in [9.17, 15) is 14.4 Å². The fraction of sp³-hybridized carbons (Fsp3) is 0.400. The molecule has 42 heavy (non-hydrogen) atoms. The molecule has 1 unspecified atom stereocenters. The fourth-order valence-electron chi connectivity index (χ4n) is 3.83. The number of carbonyl (C=O) groups excluding carboxylic acids is 3. The molecule has 0 saturated carbocycles. The number of unbranched alkanes of at least 4 members (excludes halogenated alkanes) is 2. The normalized spacial score (nSPS) is 11.0. The van der Waals surface area contributed by atoms with E-state index in [0.29, 0.717) is 56.0 Å². The molecule has 226 valence electrons. The predicted octanol–water partition coefficient (Wildman–Crippen LogP) is 7.70. The number of ether oxygens (including phenoxy) is 4. The number of benzene rings is 3. The highest BCUT2D eigenvalue weighted by atomic mass is 16.5. The molecule has 7 heteroatoms. The summed E-state index contributed by atoms with van der Waals surface area (Å²) in [7, 11) is 0. The third-order valence-electron chi connectivity index (χ3n) is 6.22. The number of esters is 3. The van der Waals surface area contributed by atoms with Gasteiger partial charge in [0.15, 0.2) is 0 Å². The van der Waals surface area contributed by atoms with E-state index in [1.165, 1.54) is 12.8 Å². The van der Waals surface area contributed by atoms with E-state index >= 15 is 0 Å². The van der Waals surface area contributed by atoms with Crippen molar-refractivity contribution in [2.24, 2.45) is 0 Å². The van der Waals surface area contributed by atoms with Crippen LogP contribution in [0.15, 0.2) is 91.0 Å². The number of carbonyl (C=O) groups is 3. The highest BCUT2D eigenvalue weighted by Crippen LogP contribution is 2.13.